The molecule has 0 aliphatic carbocycles. The van der Waals surface area contributed by atoms with Crippen LogP contribution in [0.15, 0.2) is 61.2 Å². The van der Waals surface area contributed by atoms with Crippen LogP contribution in [0.3, 0.4) is 0 Å². The fraction of sp³-hybridized carbons (Fsp3) is 0.0667. The second kappa shape index (κ2) is 5.52. The topological polar surface area (TPSA) is 42.7 Å². The minimum absolute atomic E-state index is 0.225. The maximum absolute atomic E-state index is 12.9. The average molecular weight is 268 g/mol. The van der Waals surface area contributed by atoms with Crippen molar-refractivity contribution in [2.24, 2.45) is 0 Å². The van der Waals surface area contributed by atoms with Crippen LogP contribution in [0.5, 0.6) is 0 Å². The first kappa shape index (κ1) is 12.3. The van der Waals surface area contributed by atoms with Crippen molar-refractivity contribution in [2.45, 2.75) is 6.54 Å². The summed E-state index contributed by atoms with van der Waals surface area (Å²) in [5.41, 5.74) is 2.88. The van der Waals surface area contributed by atoms with Gasteiger partial charge in [0, 0.05) is 6.54 Å². The van der Waals surface area contributed by atoms with E-state index in [-0.39, 0.29) is 5.82 Å². The predicted molar refractivity (Wildman–Crippen MR) is 75.1 cm³/mol. The Kier molecular flexibility index (Phi) is 3.41. The normalized spacial score (nSPS) is 10.4. The molecule has 1 N–H and O–H groups in total. The molecule has 4 nitrogen and oxygen atoms in total. The second-order valence-corrected chi connectivity index (χ2v) is 4.34. The summed E-state index contributed by atoms with van der Waals surface area (Å²) in [7, 11) is 0. The second-order valence-electron chi connectivity index (χ2n) is 4.34. The monoisotopic (exact) mass is 268 g/mol. The molecule has 0 bridgehead atoms. The highest BCUT2D eigenvalue weighted by molar-refractivity contribution is 5.60. The highest BCUT2D eigenvalue weighted by Crippen LogP contribution is 2.19. The molecule has 1 aromatic heterocycles. The number of benzene rings is 2. The van der Waals surface area contributed by atoms with E-state index in [1.165, 1.54) is 18.5 Å². The fourth-order valence-electron chi connectivity index (χ4n) is 1.96. The van der Waals surface area contributed by atoms with Crippen LogP contribution in [-0.2, 0) is 6.54 Å². The molecule has 0 aliphatic heterocycles. The van der Waals surface area contributed by atoms with Crippen molar-refractivity contribution in [1.29, 1.82) is 0 Å². The fourth-order valence-corrected chi connectivity index (χ4v) is 1.96. The molecule has 100 valence electrons. The van der Waals surface area contributed by atoms with Crippen molar-refractivity contribution in [3.05, 3.63) is 72.6 Å². The molecule has 2 aromatic carbocycles. The van der Waals surface area contributed by atoms with E-state index in [1.54, 1.807) is 23.1 Å². The summed E-state index contributed by atoms with van der Waals surface area (Å²) < 4.78 is 14.6. The number of hydrogen-bond acceptors (Lipinski definition) is 3. The van der Waals surface area contributed by atoms with Crippen molar-refractivity contribution >= 4 is 5.69 Å². The summed E-state index contributed by atoms with van der Waals surface area (Å²) in [5, 5.41) is 7.46. The van der Waals surface area contributed by atoms with Crippen molar-refractivity contribution in [3.63, 3.8) is 0 Å². The summed E-state index contributed by atoms with van der Waals surface area (Å²) in [6.07, 6.45) is 3.15. The molecule has 0 amide bonds. The molecule has 0 saturated heterocycles. The van der Waals surface area contributed by atoms with Gasteiger partial charge in [0.15, 0.2) is 0 Å². The molecule has 20 heavy (non-hydrogen) atoms. The first-order valence-corrected chi connectivity index (χ1v) is 6.25. The number of nitrogens with zero attached hydrogens (tertiary/aromatic N) is 3. The van der Waals surface area contributed by atoms with Gasteiger partial charge in [-0.05, 0) is 29.8 Å². The van der Waals surface area contributed by atoms with Crippen LogP contribution >= 0.6 is 0 Å². The largest absolute Gasteiger partial charge is 0.379 e. The number of halogens is 1. The average Bonchev–Trinajstić information content (AvgIpc) is 3.01. The zero-order valence-electron chi connectivity index (χ0n) is 10.7. The van der Waals surface area contributed by atoms with Gasteiger partial charge in [0.2, 0.25) is 0 Å². The van der Waals surface area contributed by atoms with E-state index in [9.17, 15) is 4.39 Å². The van der Waals surface area contributed by atoms with Gasteiger partial charge in [0.05, 0.1) is 11.4 Å². The highest BCUT2D eigenvalue weighted by Gasteiger charge is 2.04. The van der Waals surface area contributed by atoms with Crippen LogP contribution in [-0.4, -0.2) is 14.8 Å². The van der Waals surface area contributed by atoms with Gasteiger partial charge in [-0.2, -0.15) is 5.10 Å². The molecule has 3 aromatic rings. The maximum atomic E-state index is 12.9. The minimum Gasteiger partial charge on any atom is -0.379 e. The first-order chi connectivity index (χ1) is 9.83. The lowest BCUT2D eigenvalue weighted by atomic mass is 10.2. The zero-order valence-corrected chi connectivity index (χ0v) is 10.7. The molecule has 0 fully saturated rings. The van der Waals surface area contributed by atoms with E-state index in [0.717, 1.165) is 16.9 Å². The van der Waals surface area contributed by atoms with Crippen LogP contribution in [0.1, 0.15) is 5.56 Å². The van der Waals surface area contributed by atoms with Gasteiger partial charge in [-0.15, -0.1) is 0 Å². The number of para-hydroxylation sites is 2. The third kappa shape index (κ3) is 2.66. The van der Waals surface area contributed by atoms with Crippen LogP contribution in [0, 0.1) is 5.82 Å². The van der Waals surface area contributed by atoms with Crippen LogP contribution in [0.2, 0.25) is 0 Å². The maximum Gasteiger partial charge on any atom is 0.138 e. The van der Waals surface area contributed by atoms with E-state index in [1.807, 2.05) is 24.3 Å². The van der Waals surface area contributed by atoms with Gasteiger partial charge < -0.3 is 5.32 Å². The number of rotatable bonds is 4. The van der Waals surface area contributed by atoms with Gasteiger partial charge >= 0.3 is 0 Å². The SMILES string of the molecule is Fc1ccc(CNc2ccccc2-n2cncn2)cc1. The number of anilines is 1. The molecular weight excluding hydrogens is 255 g/mol. The van der Waals surface area contributed by atoms with Crippen LogP contribution in [0.25, 0.3) is 5.69 Å². The third-order valence-corrected chi connectivity index (χ3v) is 2.97. The van der Waals surface area contributed by atoms with Crippen molar-refractivity contribution in [3.8, 4) is 5.69 Å². The van der Waals surface area contributed by atoms with Gasteiger partial charge in [-0.25, -0.2) is 14.1 Å². The summed E-state index contributed by atoms with van der Waals surface area (Å²) in [5.74, 6) is -0.225. The van der Waals surface area contributed by atoms with E-state index in [2.05, 4.69) is 15.4 Å². The Morgan fingerprint density at radius 2 is 1.85 bits per heavy atom. The Bertz CT molecular complexity index is 677. The predicted octanol–water partition coefficient (Wildman–Crippen LogP) is 3.02. The van der Waals surface area contributed by atoms with E-state index < -0.39 is 0 Å². The molecule has 0 unspecified atom stereocenters. The van der Waals surface area contributed by atoms with Crippen molar-refractivity contribution in [1.82, 2.24) is 14.8 Å². The quantitative estimate of drug-likeness (QED) is 0.791. The minimum atomic E-state index is -0.225. The standard InChI is InChI=1S/C15H13FN4/c16-13-7-5-12(6-8-13)9-18-14-3-1-2-4-15(14)20-11-17-10-19-20/h1-8,10-11,18H,9H2. The molecule has 0 aliphatic rings. The Morgan fingerprint density at radius 1 is 1.05 bits per heavy atom. The molecule has 3 rings (SSSR count). The van der Waals surface area contributed by atoms with Gasteiger partial charge in [-0.1, -0.05) is 24.3 Å². The van der Waals surface area contributed by atoms with Crippen LogP contribution in [0.4, 0.5) is 10.1 Å². The summed E-state index contributed by atoms with van der Waals surface area (Å²) in [6, 6.07) is 14.3. The first-order valence-electron chi connectivity index (χ1n) is 6.25. The smallest absolute Gasteiger partial charge is 0.138 e. The van der Waals surface area contributed by atoms with Gasteiger partial charge in [0.1, 0.15) is 18.5 Å². The van der Waals surface area contributed by atoms with E-state index in [0.29, 0.717) is 6.54 Å². The molecule has 0 radical (unpaired) electrons. The Hall–Kier alpha value is -2.69. The molecular formula is C15H13FN4. The lowest BCUT2D eigenvalue weighted by molar-refractivity contribution is 0.627. The van der Waals surface area contributed by atoms with Gasteiger partial charge in [0.25, 0.3) is 0 Å². The Morgan fingerprint density at radius 3 is 2.60 bits per heavy atom. The van der Waals surface area contributed by atoms with Gasteiger partial charge in [-0.3, -0.25) is 0 Å². The van der Waals surface area contributed by atoms with Crippen LogP contribution < -0.4 is 5.32 Å². The third-order valence-electron chi connectivity index (χ3n) is 2.97. The number of aromatic nitrogens is 3. The summed E-state index contributed by atoms with van der Waals surface area (Å²) in [4.78, 5) is 3.95. The lowest BCUT2D eigenvalue weighted by Gasteiger charge is -2.11. The molecule has 0 spiro atoms. The zero-order chi connectivity index (χ0) is 13.8. The summed E-state index contributed by atoms with van der Waals surface area (Å²) >= 11 is 0. The van der Waals surface area contributed by atoms with Crippen molar-refractivity contribution in [2.75, 3.05) is 5.32 Å². The summed E-state index contributed by atoms with van der Waals surface area (Å²) in [6.45, 7) is 0.617. The molecule has 0 atom stereocenters. The lowest BCUT2D eigenvalue weighted by Crippen LogP contribution is -2.04. The Labute approximate surface area is 115 Å². The number of hydrogen-bond donors (Lipinski definition) is 1. The van der Waals surface area contributed by atoms with E-state index in [4.69, 9.17) is 0 Å². The number of nitrogens with one attached hydrogen (secondary N) is 1. The molecule has 5 heteroatoms. The highest BCUT2D eigenvalue weighted by atomic mass is 19.1. The molecule has 0 saturated carbocycles. The Balaban J connectivity index is 1.79. The molecule has 1 heterocycles. The van der Waals surface area contributed by atoms with E-state index >= 15 is 0 Å². The van der Waals surface area contributed by atoms with Crippen molar-refractivity contribution < 1.29 is 4.39 Å².